The van der Waals surface area contributed by atoms with Gasteiger partial charge < -0.3 is 5.32 Å². The fourth-order valence-corrected chi connectivity index (χ4v) is 2.79. The molecule has 0 aliphatic carbocycles. The summed E-state index contributed by atoms with van der Waals surface area (Å²) in [5.41, 5.74) is -0.0417. The summed E-state index contributed by atoms with van der Waals surface area (Å²) >= 11 is 0. The molecule has 1 heterocycles. The average Bonchev–Trinajstić information content (AvgIpc) is 2.61. The summed E-state index contributed by atoms with van der Waals surface area (Å²) in [4.78, 5) is 27.2. The van der Waals surface area contributed by atoms with Gasteiger partial charge in [-0.1, -0.05) is 24.3 Å². The van der Waals surface area contributed by atoms with Crippen LogP contribution < -0.4 is 10.6 Å². The number of carbonyl (C=O) groups is 2. The van der Waals surface area contributed by atoms with Crippen LogP contribution in [-0.2, 0) is 17.5 Å². The van der Waals surface area contributed by atoms with E-state index in [1.807, 2.05) is 9.80 Å². The molecule has 0 radical (unpaired) electrons. The molecule has 3 amide bonds. The molecule has 0 atom stereocenters. The topological polar surface area (TPSA) is 64.7 Å². The van der Waals surface area contributed by atoms with Crippen molar-refractivity contribution >= 4 is 11.9 Å². The number of urea groups is 1. The number of nitrogens with one attached hydrogen (secondary N) is 2. The van der Waals surface area contributed by atoms with Crippen molar-refractivity contribution in [1.29, 1.82) is 0 Å². The van der Waals surface area contributed by atoms with Crippen molar-refractivity contribution in [1.82, 2.24) is 20.4 Å². The van der Waals surface area contributed by atoms with Gasteiger partial charge in [0.1, 0.15) is 0 Å². The van der Waals surface area contributed by atoms with Crippen LogP contribution in [0.1, 0.15) is 11.1 Å². The van der Waals surface area contributed by atoms with Gasteiger partial charge in [-0.3, -0.25) is 19.9 Å². The van der Waals surface area contributed by atoms with E-state index in [0.717, 1.165) is 6.07 Å². The van der Waals surface area contributed by atoms with Gasteiger partial charge in [-0.2, -0.15) is 13.2 Å². The molecule has 0 spiro atoms. The number of halogens is 3. The first-order valence-corrected chi connectivity index (χ1v) is 8.57. The van der Waals surface area contributed by atoms with Crippen molar-refractivity contribution < 1.29 is 22.8 Å². The van der Waals surface area contributed by atoms with Crippen LogP contribution in [0.5, 0.6) is 0 Å². The molecular formula is C18H23F3N4O2. The molecule has 1 aromatic rings. The highest BCUT2D eigenvalue weighted by Gasteiger charge is 2.30. The molecule has 2 rings (SSSR count). The Morgan fingerprint density at radius 1 is 1.15 bits per heavy atom. The number of alkyl halides is 3. The third kappa shape index (κ3) is 7.03. The molecule has 0 aromatic heterocycles. The van der Waals surface area contributed by atoms with Crippen LogP contribution in [0.15, 0.2) is 36.9 Å². The largest absolute Gasteiger partial charge is 0.416 e. The number of carbonyl (C=O) groups excluding carboxylic acids is 2. The Labute approximate surface area is 156 Å². The van der Waals surface area contributed by atoms with E-state index in [1.165, 1.54) is 18.2 Å². The quantitative estimate of drug-likeness (QED) is 0.735. The minimum absolute atomic E-state index is 0.0961. The maximum absolute atomic E-state index is 12.8. The lowest BCUT2D eigenvalue weighted by Gasteiger charge is -2.34. The lowest BCUT2D eigenvalue weighted by Crippen LogP contribution is -2.50. The van der Waals surface area contributed by atoms with Crippen LogP contribution in [0, 0.1) is 0 Å². The first-order chi connectivity index (χ1) is 12.8. The molecule has 0 unspecified atom stereocenters. The number of amides is 3. The summed E-state index contributed by atoms with van der Waals surface area (Å²) in [6.07, 6.45) is -2.84. The first-order valence-electron chi connectivity index (χ1n) is 8.57. The number of hydrogen-bond donors (Lipinski definition) is 2. The lowest BCUT2D eigenvalue weighted by molar-refractivity contribution is -0.137. The Hall–Kier alpha value is -2.39. The molecule has 0 bridgehead atoms. The molecule has 2 N–H and O–H groups in total. The van der Waals surface area contributed by atoms with Gasteiger partial charge in [0.25, 0.3) is 0 Å². The second kappa shape index (κ2) is 9.52. The highest BCUT2D eigenvalue weighted by atomic mass is 19.4. The van der Waals surface area contributed by atoms with Gasteiger partial charge in [0, 0.05) is 39.3 Å². The van der Waals surface area contributed by atoms with E-state index >= 15 is 0 Å². The van der Waals surface area contributed by atoms with Gasteiger partial charge in [0.2, 0.25) is 5.91 Å². The molecule has 9 heteroatoms. The molecule has 27 heavy (non-hydrogen) atoms. The molecule has 0 saturated carbocycles. The summed E-state index contributed by atoms with van der Waals surface area (Å²) in [5, 5.41) is 4.69. The Morgan fingerprint density at radius 2 is 1.81 bits per heavy atom. The maximum atomic E-state index is 12.8. The second-order valence-electron chi connectivity index (χ2n) is 6.30. The molecule has 1 aliphatic rings. The van der Waals surface area contributed by atoms with Crippen molar-refractivity contribution in [2.24, 2.45) is 0 Å². The van der Waals surface area contributed by atoms with E-state index in [2.05, 4.69) is 17.2 Å². The van der Waals surface area contributed by atoms with Crippen molar-refractivity contribution in [3.05, 3.63) is 48.0 Å². The van der Waals surface area contributed by atoms with E-state index in [4.69, 9.17) is 0 Å². The molecule has 148 valence electrons. The van der Waals surface area contributed by atoms with Crippen LogP contribution in [0.3, 0.4) is 0 Å². The van der Waals surface area contributed by atoms with E-state index in [0.29, 0.717) is 38.3 Å². The van der Waals surface area contributed by atoms with Crippen LogP contribution in [0.25, 0.3) is 0 Å². The van der Waals surface area contributed by atoms with Gasteiger partial charge in [0.15, 0.2) is 0 Å². The maximum Gasteiger partial charge on any atom is 0.416 e. The Bertz CT molecular complexity index is 671. The fourth-order valence-electron chi connectivity index (χ4n) is 2.79. The third-order valence-electron chi connectivity index (χ3n) is 4.15. The SMILES string of the molecule is C=CCNC(=O)NC(=O)CN1CCN(Cc2cccc(C(F)(F)F)c2)CC1. The number of piperazine rings is 1. The standard InChI is InChI=1S/C18H23F3N4O2/c1-2-6-22-17(27)23-16(26)13-25-9-7-24(8-10-25)12-14-4-3-5-15(11-14)18(19,20)21/h2-5,11H,1,6-10,12-13H2,(H2,22,23,26,27). The number of nitrogens with zero attached hydrogens (tertiary/aromatic N) is 2. The molecule has 1 saturated heterocycles. The van der Waals surface area contributed by atoms with Gasteiger partial charge in [-0.05, 0) is 11.6 Å². The summed E-state index contributed by atoms with van der Waals surface area (Å²) in [7, 11) is 0. The zero-order chi connectivity index (χ0) is 19.9. The van der Waals surface area contributed by atoms with Crippen molar-refractivity contribution in [2.45, 2.75) is 12.7 Å². The molecule has 1 aliphatic heterocycles. The minimum atomic E-state index is -4.35. The lowest BCUT2D eigenvalue weighted by atomic mass is 10.1. The normalized spacial score (nSPS) is 16.0. The zero-order valence-electron chi connectivity index (χ0n) is 14.9. The number of rotatable bonds is 6. The third-order valence-corrected chi connectivity index (χ3v) is 4.15. The van der Waals surface area contributed by atoms with E-state index in [1.54, 1.807) is 6.07 Å². The number of benzene rings is 1. The molecule has 6 nitrogen and oxygen atoms in total. The Kier molecular flexibility index (Phi) is 7.37. The summed E-state index contributed by atoms with van der Waals surface area (Å²) in [5.74, 6) is -0.400. The van der Waals surface area contributed by atoms with E-state index in [-0.39, 0.29) is 13.1 Å². The first kappa shape index (κ1) is 20.9. The van der Waals surface area contributed by atoms with Crippen molar-refractivity contribution in [3.63, 3.8) is 0 Å². The summed E-state index contributed by atoms with van der Waals surface area (Å²) in [6, 6.07) is 4.75. The van der Waals surface area contributed by atoms with Crippen molar-refractivity contribution in [3.8, 4) is 0 Å². The second-order valence-corrected chi connectivity index (χ2v) is 6.30. The predicted octanol–water partition coefficient (Wildman–Crippen LogP) is 1.83. The fraction of sp³-hybridized carbons (Fsp3) is 0.444. The predicted molar refractivity (Wildman–Crippen MR) is 94.9 cm³/mol. The number of imide groups is 1. The zero-order valence-corrected chi connectivity index (χ0v) is 14.9. The number of hydrogen-bond acceptors (Lipinski definition) is 4. The average molecular weight is 384 g/mol. The van der Waals surface area contributed by atoms with Crippen LogP contribution in [-0.4, -0.2) is 61.0 Å². The molecular weight excluding hydrogens is 361 g/mol. The van der Waals surface area contributed by atoms with E-state index in [9.17, 15) is 22.8 Å². The van der Waals surface area contributed by atoms with Crippen LogP contribution >= 0.6 is 0 Å². The monoisotopic (exact) mass is 384 g/mol. The van der Waals surface area contributed by atoms with Crippen LogP contribution in [0.4, 0.5) is 18.0 Å². The van der Waals surface area contributed by atoms with E-state index < -0.39 is 23.7 Å². The van der Waals surface area contributed by atoms with Crippen LogP contribution in [0.2, 0.25) is 0 Å². The summed E-state index contributed by atoms with van der Waals surface area (Å²) < 4.78 is 38.4. The Morgan fingerprint density at radius 3 is 2.44 bits per heavy atom. The van der Waals surface area contributed by atoms with Crippen molar-refractivity contribution in [2.75, 3.05) is 39.3 Å². The Balaban J connectivity index is 1.76. The minimum Gasteiger partial charge on any atom is -0.334 e. The van der Waals surface area contributed by atoms with Gasteiger partial charge in [0.05, 0.1) is 12.1 Å². The highest BCUT2D eigenvalue weighted by molar-refractivity contribution is 5.95. The van der Waals surface area contributed by atoms with Gasteiger partial charge in [-0.25, -0.2) is 4.79 Å². The van der Waals surface area contributed by atoms with Gasteiger partial charge in [-0.15, -0.1) is 6.58 Å². The molecule has 1 fully saturated rings. The summed E-state index contributed by atoms with van der Waals surface area (Å²) in [6.45, 7) is 6.71. The van der Waals surface area contributed by atoms with Gasteiger partial charge >= 0.3 is 12.2 Å². The highest BCUT2D eigenvalue weighted by Crippen LogP contribution is 2.29. The molecule has 1 aromatic carbocycles. The smallest absolute Gasteiger partial charge is 0.334 e.